The number of pyridine rings is 2. The monoisotopic (exact) mass is 1640 g/mol. The minimum atomic E-state index is -0.470. The van der Waals surface area contributed by atoms with Crippen molar-refractivity contribution in [1.82, 2.24) is 19.9 Å². The number of rotatable bonds is 7. The van der Waals surface area contributed by atoms with Crippen LogP contribution in [-0.4, -0.2) is 19.9 Å². The van der Waals surface area contributed by atoms with Crippen LogP contribution in [0.1, 0.15) is 44.5 Å². The lowest BCUT2D eigenvalue weighted by Gasteiger charge is -2.40. The molecule has 6 heterocycles. The van der Waals surface area contributed by atoms with Crippen LogP contribution in [0.4, 0.5) is 0 Å². The average Bonchev–Trinajstić information content (AvgIpc) is 1.55. The van der Waals surface area contributed by atoms with Crippen LogP contribution in [0.5, 0.6) is 0 Å². The Morgan fingerprint density at radius 2 is 0.552 bits per heavy atom. The van der Waals surface area contributed by atoms with Crippen LogP contribution in [0.15, 0.2) is 444 Å². The van der Waals surface area contributed by atoms with E-state index >= 15 is 0 Å². The highest BCUT2D eigenvalue weighted by atomic mass is 32.2. The van der Waals surface area contributed by atoms with Gasteiger partial charge in [0.15, 0.2) is 5.82 Å². The second kappa shape index (κ2) is 28.3. The largest absolute Gasteiger partial charge is 0.247 e. The molecule has 0 saturated carbocycles. The summed E-state index contributed by atoms with van der Waals surface area (Å²) in [5.41, 5.74) is 32.3. The molecule has 125 heavy (non-hydrogen) atoms. The Labute approximate surface area is 734 Å². The van der Waals surface area contributed by atoms with Crippen LogP contribution in [0.3, 0.4) is 0 Å². The van der Waals surface area contributed by atoms with Gasteiger partial charge in [-0.2, -0.15) is 0 Å². The third kappa shape index (κ3) is 10.7. The van der Waals surface area contributed by atoms with Gasteiger partial charge in [-0.25, -0.2) is 19.9 Å². The number of hydrogen-bond acceptors (Lipinski definition) is 7. The highest BCUT2D eigenvalue weighted by molar-refractivity contribution is 8.00. The zero-order valence-corrected chi connectivity index (χ0v) is 69.9. The summed E-state index contributed by atoms with van der Waals surface area (Å²) in [6, 6.07) is 156. The van der Waals surface area contributed by atoms with Gasteiger partial charge in [0.25, 0.3) is 0 Å². The molecule has 4 aromatic heterocycles. The van der Waals surface area contributed by atoms with E-state index in [1.165, 1.54) is 157 Å². The minimum Gasteiger partial charge on any atom is -0.247 e. The van der Waals surface area contributed by atoms with Crippen molar-refractivity contribution in [1.29, 1.82) is 0 Å². The molecule has 0 unspecified atom stereocenters. The molecule has 0 saturated heterocycles. The van der Waals surface area contributed by atoms with Gasteiger partial charge >= 0.3 is 0 Å². The Balaban J connectivity index is 0.000000134. The SMILES string of the molecule is c1ccc(-c2ccc(-c3c4ccccc4c(-c4ccc5c(c4)nc(-c4ccccc4)c4ccc6c(c45)Sc4ccccc4C64c5ccccc5-c5ccccc54)c4ccccc34)cc2)cc1.c1ccc(-c2nc(-c3ccc4c(c3)nc(-c3ccccc3)c3ccc5c(c34)Sc3ccccc3C53c4ccccc4-c4ccccc43)c3sc4ccccc4c3n2)cc1. The fourth-order valence-corrected chi connectivity index (χ4v) is 25.3. The van der Waals surface area contributed by atoms with Gasteiger partial charge in [-0.15, -0.1) is 11.3 Å². The molecule has 0 amide bonds. The van der Waals surface area contributed by atoms with E-state index < -0.39 is 10.8 Å². The number of fused-ring (bicyclic) bond motifs is 31. The Kier molecular flexibility index (Phi) is 16.2. The van der Waals surface area contributed by atoms with Gasteiger partial charge in [-0.1, -0.05) is 418 Å². The molecule has 19 aromatic carbocycles. The van der Waals surface area contributed by atoms with Crippen molar-refractivity contribution in [2.24, 2.45) is 0 Å². The van der Waals surface area contributed by atoms with Crippen LogP contribution in [0.25, 0.3) is 186 Å². The van der Waals surface area contributed by atoms with E-state index in [4.69, 9.17) is 19.9 Å². The van der Waals surface area contributed by atoms with Gasteiger partial charge in [0.1, 0.15) is 0 Å². The van der Waals surface area contributed by atoms with Crippen molar-refractivity contribution < 1.29 is 0 Å². The minimum absolute atomic E-state index is 0.470. The molecular weight excluding hydrogens is 1570 g/mol. The summed E-state index contributed by atoms with van der Waals surface area (Å²) in [7, 11) is 0. The van der Waals surface area contributed by atoms with Crippen molar-refractivity contribution in [3.05, 3.63) is 469 Å². The van der Waals surface area contributed by atoms with Gasteiger partial charge in [-0.05, 0) is 152 Å². The first-order valence-electron chi connectivity index (χ1n) is 42.7. The Bertz CT molecular complexity index is 8330. The third-order valence-corrected chi connectivity index (χ3v) is 30.2. The summed E-state index contributed by atoms with van der Waals surface area (Å²) in [4.78, 5) is 26.9. The van der Waals surface area contributed by atoms with E-state index in [2.05, 4.69) is 419 Å². The number of aromatic nitrogens is 4. The molecule has 4 aliphatic rings. The fraction of sp³-hybridized carbons (Fsp3) is 0.0169. The molecule has 4 nitrogen and oxygen atoms in total. The van der Waals surface area contributed by atoms with E-state index in [1.807, 2.05) is 29.6 Å². The van der Waals surface area contributed by atoms with E-state index in [1.54, 1.807) is 11.3 Å². The molecule has 7 heteroatoms. The lowest BCUT2D eigenvalue weighted by atomic mass is 9.67. The second-order valence-electron chi connectivity index (χ2n) is 33.0. The van der Waals surface area contributed by atoms with E-state index in [9.17, 15) is 0 Å². The Hall–Kier alpha value is -15.0. The third-order valence-electron chi connectivity index (χ3n) is 26.7. The molecule has 0 N–H and O–H groups in total. The maximum Gasteiger partial charge on any atom is 0.160 e. The average molecular weight is 1640 g/mol. The van der Waals surface area contributed by atoms with E-state index in [-0.39, 0.29) is 0 Å². The maximum absolute atomic E-state index is 5.66. The summed E-state index contributed by atoms with van der Waals surface area (Å²) >= 11 is 5.57. The molecular formula is C118H70N4S3. The van der Waals surface area contributed by atoms with Crippen LogP contribution >= 0.6 is 34.9 Å². The summed E-state index contributed by atoms with van der Waals surface area (Å²) in [5.74, 6) is 0.722. The number of nitrogens with zero attached hydrogens (tertiary/aromatic N) is 4. The second-order valence-corrected chi connectivity index (χ2v) is 36.2. The number of hydrogen-bond donors (Lipinski definition) is 0. The normalized spacial score (nSPS) is 13.3. The van der Waals surface area contributed by atoms with Gasteiger partial charge in [0.05, 0.1) is 49.2 Å². The van der Waals surface area contributed by atoms with Crippen molar-refractivity contribution in [3.63, 3.8) is 0 Å². The molecule has 27 rings (SSSR count). The first-order valence-corrected chi connectivity index (χ1v) is 45.2. The molecule has 580 valence electrons. The summed E-state index contributed by atoms with van der Waals surface area (Å²) < 4.78 is 2.28. The molecule has 0 atom stereocenters. The van der Waals surface area contributed by atoms with Crippen LogP contribution in [-0.2, 0) is 10.8 Å². The van der Waals surface area contributed by atoms with Gasteiger partial charge in [0, 0.05) is 84.2 Å². The zero-order chi connectivity index (χ0) is 82.0. The summed E-state index contributed by atoms with van der Waals surface area (Å²) in [6.07, 6.45) is 0. The fourth-order valence-electron chi connectivity index (χ4n) is 21.4. The molecule has 0 bridgehead atoms. The molecule has 23 aromatic rings. The van der Waals surface area contributed by atoms with Gasteiger partial charge in [0.2, 0.25) is 0 Å². The highest BCUT2D eigenvalue weighted by Crippen LogP contribution is 2.66. The molecule has 2 aliphatic heterocycles. The van der Waals surface area contributed by atoms with Crippen molar-refractivity contribution >= 4 is 120 Å². The molecule has 0 fully saturated rings. The molecule has 0 radical (unpaired) electrons. The topological polar surface area (TPSA) is 51.6 Å². The smallest absolute Gasteiger partial charge is 0.160 e. The van der Waals surface area contributed by atoms with Crippen molar-refractivity contribution in [2.45, 2.75) is 30.4 Å². The van der Waals surface area contributed by atoms with E-state index in [0.717, 1.165) is 93.5 Å². The Morgan fingerprint density at radius 3 is 1.02 bits per heavy atom. The Morgan fingerprint density at radius 1 is 0.208 bits per heavy atom. The first kappa shape index (κ1) is 71.7. The lowest BCUT2D eigenvalue weighted by Crippen LogP contribution is -2.32. The quantitative estimate of drug-likeness (QED) is 0.117. The standard InChI is InChI=1S/C64H39NS.C54H31N3S2/c1-3-17-40(18-4-1)41-31-33-42(34-32-41)59-47-23-7-9-25-49(47)60(50-26-10-8-24-48(50)59)44-35-36-51-57(39-44)65-62(43-19-5-2-6-20-43)52-37-38-56-63(61(51)52)66-58-30-16-15-29-55(58)64(56)53-27-13-11-21-45(53)46-22-12-14-28-54(46)64;1-3-15-32(16-4-1)48-39-29-30-43-51(59-46-26-14-12-24-42(46)54(43)40-22-10-7-19-35(40)36-20-8-11-23-41(36)54)47(39)37-28-27-34(31-44(37)55-48)49-52-50(38-21-9-13-25-45(38)58-52)57-53(56-49)33-17-5-2-6-18-33/h1-39H;1-31H. The summed E-state index contributed by atoms with van der Waals surface area (Å²) in [5, 5.41) is 13.2. The predicted molar refractivity (Wildman–Crippen MR) is 523 cm³/mol. The predicted octanol–water partition coefficient (Wildman–Crippen LogP) is 31.6. The lowest BCUT2D eigenvalue weighted by molar-refractivity contribution is 0.726. The number of thiophene rings is 1. The van der Waals surface area contributed by atoms with Crippen LogP contribution < -0.4 is 0 Å². The van der Waals surface area contributed by atoms with Crippen LogP contribution in [0, 0.1) is 0 Å². The number of benzene rings is 19. The zero-order valence-electron chi connectivity index (χ0n) is 67.4. The molecule has 2 aliphatic carbocycles. The van der Waals surface area contributed by atoms with Gasteiger partial charge in [-0.3, -0.25) is 0 Å². The van der Waals surface area contributed by atoms with Crippen molar-refractivity contribution in [3.8, 4) is 101 Å². The summed E-state index contributed by atoms with van der Waals surface area (Å²) in [6.45, 7) is 0. The molecule has 2 spiro atoms. The van der Waals surface area contributed by atoms with Crippen molar-refractivity contribution in [2.75, 3.05) is 0 Å². The first-order chi connectivity index (χ1) is 62.0. The van der Waals surface area contributed by atoms with Gasteiger partial charge < -0.3 is 0 Å². The maximum atomic E-state index is 5.66. The highest BCUT2D eigenvalue weighted by Gasteiger charge is 2.52. The van der Waals surface area contributed by atoms with Crippen LogP contribution in [0.2, 0.25) is 0 Å². The van der Waals surface area contributed by atoms with E-state index in [0.29, 0.717) is 0 Å².